The summed E-state index contributed by atoms with van der Waals surface area (Å²) in [6.45, 7) is 0. The van der Waals surface area contributed by atoms with Crippen LogP contribution in [0.15, 0.2) is 24.3 Å². The van der Waals surface area contributed by atoms with E-state index in [0.29, 0.717) is 23.2 Å². The van der Waals surface area contributed by atoms with Crippen molar-refractivity contribution in [3.05, 3.63) is 40.7 Å². The molecule has 6 nitrogen and oxygen atoms in total. The Bertz CT molecular complexity index is 654. The third-order valence-corrected chi connectivity index (χ3v) is 3.91. The van der Waals surface area contributed by atoms with E-state index in [4.69, 9.17) is 16.7 Å². The zero-order valence-electron chi connectivity index (χ0n) is 11.3. The summed E-state index contributed by atoms with van der Waals surface area (Å²) in [5, 5.41) is 21.5. The number of carbonyl (C=O) groups is 1. The maximum atomic E-state index is 11.1. The lowest BCUT2D eigenvalue weighted by Gasteiger charge is -2.15. The zero-order valence-corrected chi connectivity index (χ0v) is 12.1. The topological polar surface area (TPSA) is 80.9 Å². The van der Waals surface area contributed by atoms with Gasteiger partial charge in [-0.15, -0.1) is 5.10 Å². The Kier molecular flexibility index (Phi) is 3.88. The Balaban J connectivity index is 1.84. The zero-order chi connectivity index (χ0) is 14.8. The molecule has 1 heterocycles. The van der Waals surface area contributed by atoms with Crippen LogP contribution in [0.5, 0.6) is 0 Å². The van der Waals surface area contributed by atoms with Crippen molar-refractivity contribution in [2.75, 3.05) is 0 Å². The van der Waals surface area contributed by atoms with Crippen LogP contribution in [0.2, 0.25) is 5.02 Å². The fourth-order valence-electron chi connectivity index (χ4n) is 2.53. The Morgan fingerprint density at radius 2 is 2.29 bits per heavy atom. The van der Waals surface area contributed by atoms with Crippen LogP contribution in [0.25, 0.3) is 0 Å². The number of rotatable bonds is 6. The number of tetrazole rings is 1. The standard InChI is InChI=1S/C14H15ClN4O2/c15-11-3-1-2-9(6-11)7-13-16-17-18-19(13)12(8-14(20)21)10-4-5-10/h1-3,6,10,12H,4-5,7-8H2,(H,20,21). The minimum Gasteiger partial charge on any atom is -0.481 e. The van der Waals surface area contributed by atoms with Crippen molar-refractivity contribution < 1.29 is 9.90 Å². The molecule has 0 saturated heterocycles. The lowest BCUT2D eigenvalue weighted by Crippen LogP contribution is -2.19. The number of benzene rings is 1. The van der Waals surface area contributed by atoms with Crippen LogP contribution in [-0.4, -0.2) is 31.3 Å². The molecule has 0 bridgehead atoms. The molecule has 1 atom stereocenters. The van der Waals surface area contributed by atoms with Crippen molar-refractivity contribution in [2.24, 2.45) is 5.92 Å². The molecule has 0 amide bonds. The molecule has 21 heavy (non-hydrogen) atoms. The minimum absolute atomic E-state index is 0.0538. The van der Waals surface area contributed by atoms with Gasteiger partial charge in [0.1, 0.15) is 0 Å². The van der Waals surface area contributed by atoms with E-state index in [1.807, 2.05) is 24.3 Å². The molecule has 1 unspecified atom stereocenters. The number of nitrogens with zero attached hydrogens (tertiary/aromatic N) is 4. The summed E-state index contributed by atoms with van der Waals surface area (Å²) in [5.41, 5.74) is 1.00. The normalized spacial score (nSPS) is 15.9. The van der Waals surface area contributed by atoms with Crippen LogP contribution in [-0.2, 0) is 11.2 Å². The summed E-state index contributed by atoms with van der Waals surface area (Å²) in [5.74, 6) is 0.217. The van der Waals surface area contributed by atoms with Gasteiger partial charge in [-0.3, -0.25) is 4.79 Å². The van der Waals surface area contributed by atoms with Crippen LogP contribution in [0.4, 0.5) is 0 Å². The summed E-state index contributed by atoms with van der Waals surface area (Å²) < 4.78 is 1.67. The first kappa shape index (κ1) is 14.0. The van der Waals surface area contributed by atoms with Gasteiger partial charge in [-0.2, -0.15) is 0 Å². The van der Waals surface area contributed by atoms with E-state index in [9.17, 15) is 4.79 Å². The van der Waals surface area contributed by atoms with Crippen molar-refractivity contribution in [3.8, 4) is 0 Å². The first-order valence-corrected chi connectivity index (χ1v) is 7.24. The van der Waals surface area contributed by atoms with E-state index in [1.54, 1.807) is 4.68 Å². The fraction of sp³-hybridized carbons (Fsp3) is 0.429. The Hall–Kier alpha value is -1.95. The van der Waals surface area contributed by atoms with Gasteiger partial charge < -0.3 is 5.11 Å². The molecule has 1 N–H and O–H groups in total. The molecule has 2 aromatic rings. The molecule has 3 rings (SSSR count). The highest BCUT2D eigenvalue weighted by molar-refractivity contribution is 6.30. The molecule has 1 aromatic heterocycles. The van der Waals surface area contributed by atoms with Crippen LogP contribution in [0.3, 0.4) is 0 Å². The number of carboxylic acid groups (broad SMARTS) is 1. The summed E-state index contributed by atoms with van der Waals surface area (Å²) in [7, 11) is 0. The Labute approximate surface area is 126 Å². The van der Waals surface area contributed by atoms with Gasteiger partial charge in [-0.05, 0) is 46.9 Å². The summed E-state index contributed by atoms with van der Waals surface area (Å²) in [6.07, 6.45) is 2.66. The van der Waals surface area contributed by atoms with E-state index >= 15 is 0 Å². The van der Waals surface area contributed by atoms with Crippen molar-refractivity contribution in [2.45, 2.75) is 31.7 Å². The highest BCUT2D eigenvalue weighted by Gasteiger charge is 2.36. The first-order valence-electron chi connectivity index (χ1n) is 6.86. The largest absolute Gasteiger partial charge is 0.481 e. The highest BCUT2D eigenvalue weighted by atomic mass is 35.5. The lowest BCUT2D eigenvalue weighted by molar-refractivity contribution is -0.138. The quantitative estimate of drug-likeness (QED) is 0.886. The SMILES string of the molecule is O=C(O)CC(C1CC1)n1nnnc1Cc1cccc(Cl)c1. The van der Waals surface area contributed by atoms with Gasteiger partial charge in [0.25, 0.3) is 0 Å². The number of hydrogen-bond donors (Lipinski definition) is 1. The van der Waals surface area contributed by atoms with E-state index in [0.717, 1.165) is 18.4 Å². The van der Waals surface area contributed by atoms with Crippen LogP contribution < -0.4 is 0 Å². The Morgan fingerprint density at radius 3 is 2.95 bits per heavy atom. The predicted molar refractivity (Wildman–Crippen MR) is 76.1 cm³/mol. The van der Waals surface area contributed by atoms with Gasteiger partial charge in [0.15, 0.2) is 5.82 Å². The van der Waals surface area contributed by atoms with E-state index < -0.39 is 5.97 Å². The molecule has 1 aromatic carbocycles. The molecule has 1 aliphatic rings. The second-order valence-electron chi connectivity index (χ2n) is 5.35. The van der Waals surface area contributed by atoms with Gasteiger partial charge >= 0.3 is 5.97 Å². The van der Waals surface area contributed by atoms with E-state index in [1.165, 1.54) is 0 Å². The van der Waals surface area contributed by atoms with Crippen molar-refractivity contribution in [1.29, 1.82) is 0 Å². The van der Waals surface area contributed by atoms with Gasteiger partial charge in [0.05, 0.1) is 12.5 Å². The molecule has 0 spiro atoms. The van der Waals surface area contributed by atoms with Crippen LogP contribution in [0.1, 0.15) is 36.7 Å². The molecular formula is C14H15ClN4O2. The first-order chi connectivity index (χ1) is 10.1. The van der Waals surface area contributed by atoms with E-state index in [2.05, 4.69) is 15.5 Å². The molecule has 1 fully saturated rings. The van der Waals surface area contributed by atoms with Gasteiger partial charge in [0, 0.05) is 11.4 Å². The van der Waals surface area contributed by atoms with Crippen LogP contribution in [0, 0.1) is 5.92 Å². The molecule has 0 aliphatic heterocycles. The monoisotopic (exact) mass is 306 g/mol. The highest BCUT2D eigenvalue weighted by Crippen LogP contribution is 2.41. The number of aliphatic carboxylic acids is 1. The Morgan fingerprint density at radius 1 is 1.48 bits per heavy atom. The van der Waals surface area contributed by atoms with Crippen molar-refractivity contribution >= 4 is 17.6 Å². The molecule has 1 aliphatic carbocycles. The number of carboxylic acids is 1. The number of halogens is 1. The predicted octanol–water partition coefficient (Wildman–Crippen LogP) is 2.34. The van der Waals surface area contributed by atoms with Gasteiger partial charge in [0.2, 0.25) is 0 Å². The maximum Gasteiger partial charge on any atom is 0.305 e. The summed E-state index contributed by atoms with van der Waals surface area (Å²) >= 11 is 5.98. The third kappa shape index (κ3) is 3.39. The smallest absolute Gasteiger partial charge is 0.305 e. The molecular weight excluding hydrogens is 292 g/mol. The average Bonchev–Trinajstić information content (AvgIpc) is 3.17. The van der Waals surface area contributed by atoms with Crippen molar-refractivity contribution in [3.63, 3.8) is 0 Å². The molecule has 0 radical (unpaired) electrons. The number of hydrogen-bond acceptors (Lipinski definition) is 4. The molecule has 7 heteroatoms. The second-order valence-corrected chi connectivity index (χ2v) is 5.79. The van der Waals surface area contributed by atoms with Crippen molar-refractivity contribution in [1.82, 2.24) is 20.2 Å². The summed E-state index contributed by atoms with van der Waals surface area (Å²) in [6, 6.07) is 7.34. The lowest BCUT2D eigenvalue weighted by atomic mass is 10.1. The number of aromatic nitrogens is 4. The molecule has 110 valence electrons. The van der Waals surface area contributed by atoms with Crippen LogP contribution >= 0.6 is 11.6 Å². The van der Waals surface area contributed by atoms with Gasteiger partial charge in [-0.25, -0.2) is 4.68 Å². The third-order valence-electron chi connectivity index (χ3n) is 3.68. The maximum absolute atomic E-state index is 11.1. The van der Waals surface area contributed by atoms with E-state index in [-0.39, 0.29) is 12.5 Å². The van der Waals surface area contributed by atoms with Gasteiger partial charge in [-0.1, -0.05) is 23.7 Å². The minimum atomic E-state index is -0.823. The fourth-order valence-corrected chi connectivity index (χ4v) is 2.74. The summed E-state index contributed by atoms with van der Waals surface area (Å²) in [4.78, 5) is 11.1. The second kappa shape index (κ2) is 5.81. The molecule has 1 saturated carbocycles. The average molecular weight is 307 g/mol.